The predicted molar refractivity (Wildman–Crippen MR) is 82.9 cm³/mol. The van der Waals surface area contributed by atoms with Crippen LogP contribution in [-0.4, -0.2) is 34.9 Å². The van der Waals surface area contributed by atoms with E-state index in [1.165, 1.54) is 0 Å². The minimum Gasteiger partial charge on any atom is -0.337 e. The zero-order valence-corrected chi connectivity index (χ0v) is 12.1. The fourth-order valence-electron chi connectivity index (χ4n) is 2.64. The maximum atomic E-state index is 12.3. The zero-order chi connectivity index (χ0) is 14.8. The van der Waals surface area contributed by atoms with Crippen LogP contribution in [0, 0.1) is 6.92 Å². The van der Waals surface area contributed by atoms with Gasteiger partial charge in [-0.2, -0.15) is 0 Å². The first-order chi connectivity index (χ1) is 10.1. The normalized spacial score (nSPS) is 18.0. The number of aromatic nitrogens is 1. The fraction of sp³-hybridized carbons (Fsp3) is 0.294. The Hall–Kier alpha value is -2.20. The lowest BCUT2D eigenvalue weighted by Crippen LogP contribution is -2.31. The standard InChI is InChI=1S/C17H19N3O/c1-12-3-2-4-16(19-12)13-5-7-14(8-6-13)17(21)20-10-9-15(18)11-20/h2-8,15H,9-11,18H2,1H3/t15-/m0/s1. The van der Waals surface area contributed by atoms with Crippen molar-refractivity contribution < 1.29 is 4.79 Å². The van der Waals surface area contributed by atoms with Gasteiger partial charge in [-0.1, -0.05) is 18.2 Å². The van der Waals surface area contributed by atoms with Gasteiger partial charge in [0.25, 0.3) is 5.91 Å². The topological polar surface area (TPSA) is 59.2 Å². The van der Waals surface area contributed by atoms with Crippen LogP contribution in [0.5, 0.6) is 0 Å². The molecule has 1 saturated heterocycles. The van der Waals surface area contributed by atoms with Gasteiger partial charge in [0.2, 0.25) is 0 Å². The van der Waals surface area contributed by atoms with Crippen LogP contribution in [0.15, 0.2) is 42.5 Å². The summed E-state index contributed by atoms with van der Waals surface area (Å²) in [5.41, 5.74) is 9.50. The Kier molecular flexibility index (Phi) is 3.71. The molecule has 2 N–H and O–H groups in total. The van der Waals surface area contributed by atoms with Crippen LogP contribution >= 0.6 is 0 Å². The number of likely N-dealkylation sites (tertiary alicyclic amines) is 1. The number of aryl methyl sites for hydroxylation is 1. The van der Waals surface area contributed by atoms with Gasteiger partial charge in [0.1, 0.15) is 0 Å². The number of amides is 1. The summed E-state index contributed by atoms with van der Waals surface area (Å²) in [5, 5.41) is 0. The predicted octanol–water partition coefficient (Wildman–Crippen LogP) is 2.23. The van der Waals surface area contributed by atoms with Gasteiger partial charge < -0.3 is 10.6 Å². The van der Waals surface area contributed by atoms with Gasteiger partial charge in [-0.15, -0.1) is 0 Å². The molecule has 2 heterocycles. The number of hydrogen-bond donors (Lipinski definition) is 1. The minimum absolute atomic E-state index is 0.0618. The van der Waals surface area contributed by atoms with E-state index in [9.17, 15) is 4.79 Å². The molecule has 1 amide bonds. The number of carbonyl (C=O) groups excluding carboxylic acids is 1. The van der Waals surface area contributed by atoms with Crippen LogP contribution in [0.2, 0.25) is 0 Å². The number of nitrogens with zero attached hydrogens (tertiary/aromatic N) is 2. The molecular weight excluding hydrogens is 262 g/mol. The summed E-state index contributed by atoms with van der Waals surface area (Å²) in [4.78, 5) is 18.7. The number of pyridine rings is 1. The monoisotopic (exact) mass is 281 g/mol. The molecule has 0 spiro atoms. The molecule has 3 rings (SSSR count). The quantitative estimate of drug-likeness (QED) is 0.918. The zero-order valence-electron chi connectivity index (χ0n) is 12.1. The van der Waals surface area contributed by atoms with Crippen LogP contribution in [0.3, 0.4) is 0 Å². The number of hydrogen-bond acceptors (Lipinski definition) is 3. The van der Waals surface area contributed by atoms with Crippen molar-refractivity contribution in [2.75, 3.05) is 13.1 Å². The molecule has 1 aliphatic rings. The highest BCUT2D eigenvalue weighted by Crippen LogP contribution is 2.19. The minimum atomic E-state index is 0.0618. The van der Waals surface area contributed by atoms with E-state index in [1.54, 1.807) is 0 Å². The molecule has 0 unspecified atom stereocenters. The fourth-order valence-corrected chi connectivity index (χ4v) is 2.64. The van der Waals surface area contributed by atoms with Gasteiger partial charge in [0, 0.05) is 36.0 Å². The van der Waals surface area contributed by atoms with Gasteiger partial charge in [0.05, 0.1) is 5.69 Å². The van der Waals surface area contributed by atoms with Crippen molar-refractivity contribution in [2.24, 2.45) is 5.73 Å². The number of benzene rings is 1. The molecule has 2 aromatic rings. The maximum Gasteiger partial charge on any atom is 0.253 e. The highest BCUT2D eigenvalue weighted by molar-refractivity contribution is 5.94. The van der Waals surface area contributed by atoms with E-state index in [1.807, 2.05) is 54.3 Å². The highest BCUT2D eigenvalue weighted by atomic mass is 16.2. The Balaban J connectivity index is 1.79. The molecule has 0 radical (unpaired) electrons. The van der Waals surface area contributed by atoms with Crippen molar-refractivity contribution in [2.45, 2.75) is 19.4 Å². The van der Waals surface area contributed by atoms with E-state index in [4.69, 9.17) is 5.73 Å². The highest BCUT2D eigenvalue weighted by Gasteiger charge is 2.24. The van der Waals surface area contributed by atoms with E-state index >= 15 is 0 Å². The second-order valence-corrected chi connectivity index (χ2v) is 5.54. The Morgan fingerprint density at radius 1 is 1.24 bits per heavy atom. The Morgan fingerprint density at radius 2 is 2.00 bits per heavy atom. The average Bonchev–Trinajstić information content (AvgIpc) is 2.93. The van der Waals surface area contributed by atoms with E-state index in [-0.39, 0.29) is 11.9 Å². The summed E-state index contributed by atoms with van der Waals surface area (Å²) in [7, 11) is 0. The lowest BCUT2D eigenvalue weighted by molar-refractivity contribution is 0.0791. The van der Waals surface area contributed by atoms with Crippen molar-refractivity contribution in [1.29, 1.82) is 0 Å². The Labute approximate surface area is 124 Å². The third kappa shape index (κ3) is 2.95. The summed E-state index contributed by atoms with van der Waals surface area (Å²) in [6, 6.07) is 13.7. The summed E-state index contributed by atoms with van der Waals surface area (Å²) in [6.07, 6.45) is 0.886. The Morgan fingerprint density at radius 3 is 2.62 bits per heavy atom. The first-order valence-corrected chi connectivity index (χ1v) is 7.22. The van der Waals surface area contributed by atoms with E-state index < -0.39 is 0 Å². The van der Waals surface area contributed by atoms with Crippen molar-refractivity contribution >= 4 is 5.91 Å². The molecule has 4 nitrogen and oxygen atoms in total. The van der Waals surface area contributed by atoms with E-state index in [2.05, 4.69) is 4.98 Å². The molecule has 1 aromatic heterocycles. The molecule has 21 heavy (non-hydrogen) atoms. The van der Waals surface area contributed by atoms with Gasteiger partial charge in [-0.25, -0.2) is 0 Å². The second-order valence-electron chi connectivity index (χ2n) is 5.54. The summed E-state index contributed by atoms with van der Waals surface area (Å²) in [6.45, 7) is 3.37. The van der Waals surface area contributed by atoms with Gasteiger partial charge >= 0.3 is 0 Å². The maximum absolute atomic E-state index is 12.3. The second kappa shape index (κ2) is 5.66. The molecule has 0 bridgehead atoms. The smallest absolute Gasteiger partial charge is 0.253 e. The SMILES string of the molecule is Cc1cccc(-c2ccc(C(=O)N3CC[C@H](N)C3)cc2)n1. The lowest BCUT2D eigenvalue weighted by atomic mass is 10.1. The molecule has 1 atom stereocenters. The van der Waals surface area contributed by atoms with Crippen LogP contribution in [0.1, 0.15) is 22.5 Å². The average molecular weight is 281 g/mol. The van der Waals surface area contributed by atoms with Crippen molar-refractivity contribution in [1.82, 2.24) is 9.88 Å². The van der Waals surface area contributed by atoms with Crippen LogP contribution in [-0.2, 0) is 0 Å². The lowest BCUT2D eigenvalue weighted by Gasteiger charge is -2.15. The molecule has 4 heteroatoms. The molecule has 1 aromatic carbocycles. The third-order valence-corrected chi connectivity index (χ3v) is 3.83. The Bertz CT molecular complexity index is 651. The van der Waals surface area contributed by atoms with E-state index in [0.29, 0.717) is 12.1 Å². The summed E-state index contributed by atoms with van der Waals surface area (Å²) in [5.74, 6) is 0.0618. The van der Waals surface area contributed by atoms with Crippen LogP contribution in [0.4, 0.5) is 0 Å². The third-order valence-electron chi connectivity index (χ3n) is 3.83. The van der Waals surface area contributed by atoms with Gasteiger partial charge in [-0.05, 0) is 37.6 Å². The number of rotatable bonds is 2. The number of carbonyl (C=O) groups is 1. The number of nitrogens with two attached hydrogens (primary N) is 1. The van der Waals surface area contributed by atoms with Crippen LogP contribution in [0.25, 0.3) is 11.3 Å². The summed E-state index contributed by atoms with van der Waals surface area (Å²) >= 11 is 0. The van der Waals surface area contributed by atoms with Crippen LogP contribution < -0.4 is 5.73 Å². The first kappa shape index (κ1) is 13.8. The molecule has 1 aliphatic heterocycles. The van der Waals surface area contributed by atoms with Crippen molar-refractivity contribution in [3.05, 3.63) is 53.7 Å². The largest absolute Gasteiger partial charge is 0.337 e. The molecule has 0 aliphatic carbocycles. The van der Waals surface area contributed by atoms with Gasteiger partial charge in [-0.3, -0.25) is 9.78 Å². The molecule has 0 saturated carbocycles. The van der Waals surface area contributed by atoms with Crippen molar-refractivity contribution in [3.63, 3.8) is 0 Å². The summed E-state index contributed by atoms with van der Waals surface area (Å²) < 4.78 is 0. The molecular formula is C17H19N3O. The molecule has 108 valence electrons. The van der Waals surface area contributed by atoms with Gasteiger partial charge in [0.15, 0.2) is 0 Å². The van der Waals surface area contributed by atoms with Crippen molar-refractivity contribution in [3.8, 4) is 11.3 Å². The first-order valence-electron chi connectivity index (χ1n) is 7.22. The van der Waals surface area contributed by atoms with E-state index in [0.717, 1.165) is 29.9 Å². The molecule has 1 fully saturated rings.